The summed E-state index contributed by atoms with van der Waals surface area (Å²) in [6.45, 7) is 5.08. The van der Waals surface area contributed by atoms with E-state index in [0.717, 1.165) is 24.7 Å². The lowest BCUT2D eigenvalue weighted by atomic mass is 10.1. The molecule has 5 rings (SSSR count). The molecule has 0 bridgehead atoms. The molecule has 0 aliphatic carbocycles. The molecule has 0 radical (unpaired) electrons. The Morgan fingerprint density at radius 2 is 2.00 bits per heavy atom. The quantitative estimate of drug-likeness (QED) is 0.348. The fourth-order valence-corrected chi connectivity index (χ4v) is 3.99. The van der Waals surface area contributed by atoms with Gasteiger partial charge in [-0.3, -0.25) is 19.7 Å². The molecule has 1 amide bonds. The van der Waals surface area contributed by atoms with Crippen LogP contribution in [0.2, 0.25) is 0 Å². The third kappa shape index (κ3) is 5.16. The van der Waals surface area contributed by atoms with Gasteiger partial charge in [0.15, 0.2) is 0 Å². The van der Waals surface area contributed by atoms with Gasteiger partial charge in [-0.15, -0.1) is 0 Å². The first kappa shape index (κ1) is 24.1. The van der Waals surface area contributed by atoms with Gasteiger partial charge in [0, 0.05) is 48.7 Å². The van der Waals surface area contributed by atoms with Crippen molar-refractivity contribution in [3.8, 4) is 22.8 Å². The number of carbonyl (C=O) groups excluding carboxylic acids is 1. The minimum Gasteiger partial charge on any atom is -0.494 e. The number of hydrogen-bond donors (Lipinski definition) is 2. The Hall–Kier alpha value is -4.64. The van der Waals surface area contributed by atoms with Crippen LogP contribution in [0.1, 0.15) is 0 Å². The van der Waals surface area contributed by atoms with Gasteiger partial charge in [0.2, 0.25) is 11.9 Å². The molecule has 1 saturated heterocycles. The molecule has 10 nitrogen and oxygen atoms in total. The van der Waals surface area contributed by atoms with Crippen molar-refractivity contribution in [2.75, 3.05) is 37.9 Å². The Morgan fingerprint density at radius 1 is 1.16 bits per heavy atom. The third-order valence-corrected chi connectivity index (χ3v) is 5.79. The number of nitrogens with one attached hydrogen (secondary N) is 2. The summed E-state index contributed by atoms with van der Waals surface area (Å²) < 4.78 is 25.5. The summed E-state index contributed by atoms with van der Waals surface area (Å²) in [6.07, 6.45) is 7.08. The summed E-state index contributed by atoms with van der Waals surface area (Å²) in [6, 6.07) is 6.50. The molecule has 4 heterocycles. The van der Waals surface area contributed by atoms with Crippen molar-refractivity contribution in [3.63, 3.8) is 0 Å². The van der Waals surface area contributed by atoms with Crippen molar-refractivity contribution < 1.29 is 18.7 Å². The van der Waals surface area contributed by atoms with Gasteiger partial charge in [-0.1, -0.05) is 6.58 Å². The number of likely N-dealkylation sites (N-methyl/N-ethyl adjacent to an activating group) is 1. The predicted octanol–water partition coefficient (Wildman–Crippen LogP) is 3.80. The molecule has 1 aliphatic rings. The van der Waals surface area contributed by atoms with E-state index >= 15 is 0 Å². The zero-order chi connectivity index (χ0) is 25.9. The fraction of sp³-hybridized carbons (Fsp3) is 0.192. The zero-order valence-corrected chi connectivity index (χ0v) is 20.2. The minimum absolute atomic E-state index is 0.0000429. The lowest BCUT2D eigenvalue weighted by Gasteiger charge is -2.36. The van der Waals surface area contributed by atoms with E-state index in [4.69, 9.17) is 9.47 Å². The van der Waals surface area contributed by atoms with Gasteiger partial charge >= 0.3 is 0 Å². The van der Waals surface area contributed by atoms with E-state index in [1.165, 1.54) is 25.4 Å². The Balaban J connectivity index is 1.52. The normalized spacial score (nSPS) is 13.6. The molecule has 0 saturated carbocycles. The molecular formula is C26H24FN7O3. The maximum absolute atomic E-state index is 13.8. The number of anilines is 3. The molecule has 1 fully saturated rings. The van der Waals surface area contributed by atoms with E-state index in [9.17, 15) is 9.18 Å². The van der Waals surface area contributed by atoms with E-state index in [2.05, 4.69) is 42.0 Å². The molecular weight excluding hydrogens is 477 g/mol. The number of nitrogens with zero attached hydrogens (tertiary/aromatic N) is 5. The number of pyridine rings is 2. The Labute approximate surface area is 212 Å². The van der Waals surface area contributed by atoms with Crippen LogP contribution in [0.25, 0.3) is 22.2 Å². The number of amides is 1. The highest BCUT2D eigenvalue weighted by molar-refractivity contribution is 6.00. The van der Waals surface area contributed by atoms with E-state index in [0.29, 0.717) is 39.6 Å². The standard InChI is InChI=1S/C26H24FN7O3/c1-4-23(35)31-20-8-19(21(36-3)9-22(20)37-18-13-34(2)14-18)32-26-30-11-15-5-6-29-24(25(15)33-26)16-7-17(27)12-28-10-16/h4-12,18H,1,13-14H2,2-3H3,(H,31,35)(H,30,32,33). The number of fused-ring (bicyclic) bond motifs is 1. The van der Waals surface area contributed by atoms with Crippen LogP contribution in [0, 0.1) is 5.82 Å². The van der Waals surface area contributed by atoms with Crippen LogP contribution in [-0.2, 0) is 4.79 Å². The molecule has 3 aromatic heterocycles. The largest absolute Gasteiger partial charge is 0.494 e. The van der Waals surface area contributed by atoms with E-state index in [-0.39, 0.29) is 18.0 Å². The Bertz CT molecular complexity index is 1490. The topological polar surface area (TPSA) is 114 Å². The second-order valence-electron chi connectivity index (χ2n) is 8.51. The predicted molar refractivity (Wildman–Crippen MR) is 138 cm³/mol. The molecule has 4 aromatic rings. The smallest absolute Gasteiger partial charge is 0.247 e. The SMILES string of the molecule is C=CC(=O)Nc1cc(Nc2ncc3ccnc(-c4cncc(F)c4)c3n2)c(OC)cc1OC1CN(C)C1. The van der Waals surface area contributed by atoms with Gasteiger partial charge in [-0.25, -0.2) is 14.4 Å². The van der Waals surface area contributed by atoms with Crippen molar-refractivity contribution >= 4 is 34.1 Å². The van der Waals surface area contributed by atoms with Crippen molar-refractivity contribution in [1.29, 1.82) is 0 Å². The van der Waals surface area contributed by atoms with Gasteiger partial charge < -0.3 is 20.1 Å². The summed E-state index contributed by atoms with van der Waals surface area (Å²) in [5.74, 6) is 0.329. The molecule has 37 heavy (non-hydrogen) atoms. The van der Waals surface area contributed by atoms with Gasteiger partial charge in [-0.05, 0) is 31.3 Å². The van der Waals surface area contributed by atoms with Crippen molar-refractivity contribution in [2.45, 2.75) is 6.10 Å². The highest BCUT2D eigenvalue weighted by Gasteiger charge is 2.27. The summed E-state index contributed by atoms with van der Waals surface area (Å²) in [4.78, 5) is 31.6. The second kappa shape index (κ2) is 10.2. The summed E-state index contributed by atoms with van der Waals surface area (Å²) in [5, 5.41) is 6.65. The van der Waals surface area contributed by atoms with Gasteiger partial charge in [0.1, 0.15) is 28.9 Å². The number of rotatable bonds is 8. The van der Waals surface area contributed by atoms with E-state index in [1.54, 1.807) is 30.6 Å². The van der Waals surface area contributed by atoms with Crippen LogP contribution in [0.4, 0.5) is 21.7 Å². The molecule has 1 aromatic carbocycles. The van der Waals surface area contributed by atoms with E-state index in [1.807, 2.05) is 7.05 Å². The number of aromatic nitrogens is 4. The third-order valence-electron chi connectivity index (χ3n) is 5.79. The molecule has 0 spiro atoms. The highest BCUT2D eigenvalue weighted by atomic mass is 19.1. The molecule has 11 heteroatoms. The first-order chi connectivity index (χ1) is 17.9. The van der Waals surface area contributed by atoms with Crippen LogP contribution >= 0.6 is 0 Å². The van der Waals surface area contributed by atoms with E-state index < -0.39 is 5.82 Å². The molecule has 2 N–H and O–H groups in total. The summed E-state index contributed by atoms with van der Waals surface area (Å²) in [7, 11) is 3.53. The summed E-state index contributed by atoms with van der Waals surface area (Å²) in [5.41, 5.74) is 2.41. The van der Waals surface area contributed by atoms with Crippen molar-refractivity contribution in [1.82, 2.24) is 24.8 Å². The first-order valence-electron chi connectivity index (χ1n) is 11.4. The summed E-state index contributed by atoms with van der Waals surface area (Å²) >= 11 is 0. The average molecular weight is 502 g/mol. The molecule has 188 valence electrons. The molecule has 1 aliphatic heterocycles. The Kier molecular flexibility index (Phi) is 6.60. The lowest BCUT2D eigenvalue weighted by Crippen LogP contribution is -2.51. The highest BCUT2D eigenvalue weighted by Crippen LogP contribution is 2.39. The van der Waals surface area contributed by atoms with Crippen LogP contribution in [0.3, 0.4) is 0 Å². The van der Waals surface area contributed by atoms with Gasteiger partial charge in [0.25, 0.3) is 0 Å². The Morgan fingerprint density at radius 3 is 2.73 bits per heavy atom. The number of carbonyl (C=O) groups is 1. The van der Waals surface area contributed by atoms with Crippen LogP contribution < -0.4 is 20.1 Å². The number of halogens is 1. The average Bonchev–Trinajstić information content (AvgIpc) is 2.88. The number of likely N-dealkylation sites (tertiary alicyclic amines) is 1. The molecule has 0 atom stereocenters. The maximum Gasteiger partial charge on any atom is 0.247 e. The molecule has 0 unspecified atom stereocenters. The monoisotopic (exact) mass is 501 g/mol. The minimum atomic E-state index is -0.474. The zero-order valence-electron chi connectivity index (χ0n) is 20.2. The van der Waals surface area contributed by atoms with Crippen LogP contribution in [0.5, 0.6) is 11.5 Å². The number of benzene rings is 1. The van der Waals surface area contributed by atoms with Crippen molar-refractivity contribution in [2.24, 2.45) is 0 Å². The number of hydrogen-bond acceptors (Lipinski definition) is 9. The van der Waals surface area contributed by atoms with Crippen LogP contribution in [-0.4, -0.2) is 64.1 Å². The van der Waals surface area contributed by atoms with Crippen molar-refractivity contribution in [3.05, 3.63) is 67.5 Å². The second-order valence-corrected chi connectivity index (χ2v) is 8.51. The fourth-order valence-electron chi connectivity index (χ4n) is 3.99. The maximum atomic E-state index is 13.8. The lowest BCUT2D eigenvalue weighted by molar-refractivity contribution is -0.111. The van der Waals surface area contributed by atoms with Crippen LogP contribution in [0.15, 0.2) is 61.7 Å². The first-order valence-corrected chi connectivity index (χ1v) is 11.4. The van der Waals surface area contributed by atoms with Gasteiger partial charge in [0.05, 0.1) is 30.4 Å². The number of methoxy groups -OCH3 is 1. The number of ether oxygens (including phenoxy) is 2. The van der Waals surface area contributed by atoms with Gasteiger partial charge in [-0.2, -0.15) is 0 Å².